The number of fused-ring (bicyclic) bond motifs is 1. The highest BCUT2D eigenvalue weighted by atomic mass is 16.7. The van der Waals surface area contributed by atoms with Crippen molar-refractivity contribution in [3.05, 3.63) is 35.5 Å². The third-order valence-electron chi connectivity index (χ3n) is 9.71. The molecule has 250 valence electrons. The van der Waals surface area contributed by atoms with E-state index in [0.29, 0.717) is 24.4 Å². The molecule has 44 heavy (non-hydrogen) atoms. The second-order valence-electron chi connectivity index (χ2n) is 13.6. The van der Waals surface area contributed by atoms with Gasteiger partial charge >= 0.3 is 5.97 Å². The first kappa shape index (κ1) is 35.3. The summed E-state index contributed by atoms with van der Waals surface area (Å²) in [5.74, 6) is 0.956. The van der Waals surface area contributed by atoms with Gasteiger partial charge in [-0.2, -0.15) is 0 Å². The lowest BCUT2D eigenvalue weighted by Crippen LogP contribution is -2.31. The van der Waals surface area contributed by atoms with E-state index in [9.17, 15) is 9.90 Å². The number of aliphatic hydroxyl groups excluding tert-OH is 1. The van der Waals surface area contributed by atoms with Gasteiger partial charge in [0.15, 0.2) is 12.6 Å². The minimum Gasteiger partial charge on any atom is -0.467 e. The molecule has 0 spiro atoms. The first-order valence-corrected chi connectivity index (χ1v) is 17.2. The van der Waals surface area contributed by atoms with Crippen LogP contribution in [-0.2, 0) is 33.2 Å². The van der Waals surface area contributed by atoms with Crippen molar-refractivity contribution < 1.29 is 38.3 Å². The van der Waals surface area contributed by atoms with Gasteiger partial charge in [0.05, 0.1) is 32.5 Å². The fraction of sp³-hybridized carbons (Fsp3) is 0.806. The van der Waals surface area contributed by atoms with Crippen LogP contribution in [0.1, 0.15) is 91.4 Å². The lowest BCUT2D eigenvalue weighted by atomic mass is 9.87. The maximum Gasteiger partial charge on any atom is 0.331 e. The summed E-state index contributed by atoms with van der Waals surface area (Å²) >= 11 is 0. The molecule has 1 saturated carbocycles. The fourth-order valence-electron chi connectivity index (χ4n) is 7.22. The normalized spacial score (nSPS) is 30.9. The van der Waals surface area contributed by atoms with E-state index in [1.165, 1.54) is 18.3 Å². The van der Waals surface area contributed by atoms with Gasteiger partial charge in [-0.05, 0) is 102 Å². The van der Waals surface area contributed by atoms with Crippen LogP contribution in [0.15, 0.2) is 35.5 Å². The number of aliphatic hydroxyl groups is 1. The van der Waals surface area contributed by atoms with Gasteiger partial charge in [-0.1, -0.05) is 42.4 Å². The van der Waals surface area contributed by atoms with Crippen molar-refractivity contribution in [3.63, 3.8) is 0 Å². The highest BCUT2D eigenvalue weighted by molar-refractivity contribution is 5.70. The lowest BCUT2D eigenvalue weighted by molar-refractivity contribution is -0.193. The molecule has 8 heteroatoms. The van der Waals surface area contributed by atoms with E-state index in [1.807, 2.05) is 0 Å². The fourth-order valence-corrected chi connectivity index (χ4v) is 7.22. The Kier molecular flexibility index (Phi) is 14.9. The quantitative estimate of drug-likeness (QED) is 0.146. The van der Waals surface area contributed by atoms with Gasteiger partial charge in [0.25, 0.3) is 0 Å². The summed E-state index contributed by atoms with van der Waals surface area (Å²) in [7, 11) is 1.35. The van der Waals surface area contributed by atoms with E-state index in [2.05, 4.69) is 45.1 Å². The molecule has 0 aromatic heterocycles. The van der Waals surface area contributed by atoms with Gasteiger partial charge < -0.3 is 33.5 Å². The van der Waals surface area contributed by atoms with E-state index < -0.39 is 5.97 Å². The number of allylic oxidation sites excluding steroid dienone is 3. The molecule has 0 amide bonds. The standard InChI is InChI=1S/C36H58O8/c1-25(2)10-9-11-26(3)18-30(43-35-12-5-7-16-41-35)14-15-31-32-20-27(29(22-37)23-40-24-34(38)39-4)19-28(32)21-33(31)44-36-13-6-8-17-42-36/h10,14-15,19,26,28-33,35-37H,5-9,11-13,16-18,20-24H2,1-4H3/b15-14+/t26?,28-,29?,30+,31+,32-,33+,35?,36?/m0/s1. The minimum absolute atomic E-state index is 0.00920. The average molecular weight is 619 g/mol. The van der Waals surface area contributed by atoms with Gasteiger partial charge in [0, 0.05) is 25.0 Å². The SMILES string of the molecule is COC(=O)COCC(CO)C1=C[C@H]2C[C@@H](OC3CCCCO3)[C@H](/C=C/[C@H](CC(C)CCC=C(C)C)OC3CCCCO3)[C@H]2C1. The summed E-state index contributed by atoms with van der Waals surface area (Å²) in [4.78, 5) is 11.5. The second kappa shape index (κ2) is 18.6. The Balaban J connectivity index is 1.46. The Bertz CT molecular complexity index is 944. The average Bonchev–Trinajstić information content (AvgIpc) is 3.56. The number of carbonyl (C=O) groups is 1. The molecule has 2 aliphatic carbocycles. The van der Waals surface area contributed by atoms with Crippen LogP contribution in [0.25, 0.3) is 0 Å². The topological polar surface area (TPSA) is 92.7 Å². The van der Waals surface area contributed by atoms with Gasteiger partial charge in [-0.3, -0.25) is 0 Å². The largest absolute Gasteiger partial charge is 0.467 e. The molecule has 0 aromatic carbocycles. The van der Waals surface area contributed by atoms with Gasteiger partial charge in [0.2, 0.25) is 0 Å². The number of ether oxygens (including phenoxy) is 6. The van der Waals surface area contributed by atoms with Crippen LogP contribution in [0.3, 0.4) is 0 Å². The Morgan fingerprint density at radius 1 is 1.11 bits per heavy atom. The maximum absolute atomic E-state index is 11.5. The van der Waals surface area contributed by atoms with Crippen LogP contribution < -0.4 is 0 Å². The molecule has 4 rings (SSSR count). The molecule has 1 N–H and O–H groups in total. The summed E-state index contributed by atoms with van der Waals surface area (Å²) in [6, 6.07) is 0. The molecule has 4 unspecified atom stereocenters. The van der Waals surface area contributed by atoms with Crippen molar-refractivity contribution in [2.75, 3.05) is 40.1 Å². The molecule has 0 radical (unpaired) electrons. The molecular formula is C36H58O8. The first-order valence-electron chi connectivity index (χ1n) is 17.2. The van der Waals surface area contributed by atoms with E-state index >= 15 is 0 Å². The van der Waals surface area contributed by atoms with Crippen LogP contribution in [0.4, 0.5) is 0 Å². The summed E-state index contributed by atoms with van der Waals surface area (Å²) in [5.41, 5.74) is 2.58. The zero-order valence-electron chi connectivity index (χ0n) is 27.6. The smallest absolute Gasteiger partial charge is 0.331 e. The summed E-state index contributed by atoms with van der Waals surface area (Å²) < 4.78 is 35.5. The van der Waals surface area contributed by atoms with Crippen LogP contribution in [0.5, 0.6) is 0 Å². The Morgan fingerprint density at radius 2 is 1.86 bits per heavy atom. The number of hydrogen-bond acceptors (Lipinski definition) is 8. The van der Waals surface area contributed by atoms with Crippen molar-refractivity contribution in [2.45, 2.75) is 116 Å². The number of esters is 1. The molecule has 0 aromatic rings. The molecular weight excluding hydrogens is 560 g/mol. The van der Waals surface area contributed by atoms with Crippen molar-refractivity contribution in [1.82, 2.24) is 0 Å². The number of hydrogen-bond donors (Lipinski definition) is 1. The molecule has 2 heterocycles. The van der Waals surface area contributed by atoms with Crippen molar-refractivity contribution in [1.29, 1.82) is 0 Å². The van der Waals surface area contributed by atoms with Crippen LogP contribution in [0.2, 0.25) is 0 Å². The predicted molar refractivity (Wildman–Crippen MR) is 170 cm³/mol. The predicted octanol–water partition coefficient (Wildman–Crippen LogP) is 6.52. The zero-order chi connectivity index (χ0) is 31.3. The number of methoxy groups -OCH3 is 1. The van der Waals surface area contributed by atoms with Crippen molar-refractivity contribution in [2.24, 2.45) is 29.6 Å². The monoisotopic (exact) mass is 618 g/mol. The van der Waals surface area contributed by atoms with E-state index in [4.69, 9.17) is 28.4 Å². The molecule has 2 aliphatic heterocycles. The summed E-state index contributed by atoms with van der Waals surface area (Å²) in [6.45, 7) is 8.37. The minimum atomic E-state index is -0.407. The number of carbonyl (C=O) groups excluding carboxylic acids is 1. The van der Waals surface area contributed by atoms with Crippen molar-refractivity contribution >= 4 is 5.97 Å². The molecule has 9 atom stereocenters. The zero-order valence-corrected chi connectivity index (χ0v) is 27.6. The first-order chi connectivity index (χ1) is 21.4. The van der Waals surface area contributed by atoms with E-state index in [1.54, 1.807) is 0 Å². The molecule has 4 aliphatic rings. The number of rotatable bonds is 17. The Labute approximate surface area is 265 Å². The second-order valence-corrected chi connectivity index (χ2v) is 13.6. The Morgan fingerprint density at radius 3 is 2.52 bits per heavy atom. The van der Waals surface area contributed by atoms with E-state index in [0.717, 1.165) is 83.8 Å². The third kappa shape index (κ3) is 11.1. The van der Waals surface area contributed by atoms with E-state index in [-0.39, 0.29) is 49.8 Å². The highest BCUT2D eigenvalue weighted by Gasteiger charge is 2.46. The Hall–Kier alpha value is -1.55. The van der Waals surface area contributed by atoms with Crippen LogP contribution in [0, 0.1) is 29.6 Å². The van der Waals surface area contributed by atoms with Gasteiger partial charge in [-0.15, -0.1) is 0 Å². The third-order valence-corrected chi connectivity index (χ3v) is 9.71. The van der Waals surface area contributed by atoms with Gasteiger partial charge in [0.1, 0.15) is 6.61 Å². The highest BCUT2D eigenvalue weighted by Crippen LogP contribution is 2.50. The summed E-state index contributed by atoms with van der Waals surface area (Å²) in [6.07, 6.45) is 20.5. The summed E-state index contributed by atoms with van der Waals surface area (Å²) in [5, 5.41) is 10.2. The van der Waals surface area contributed by atoms with Crippen LogP contribution >= 0.6 is 0 Å². The molecule has 0 bridgehead atoms. The maximum atomic E-state index is 11.5. The molecule has 3 fully saturated rings. The van der Waals surface area contributed by atoms with Crippen molar-refractivity contribution in [3.8, 4) is 0 Å². The molecule has 2 saturated heterocycles. The lowest BCUT2D eigenvalue weighted by Gasteiger charge is -2.30. The molecule has 8 nitrogen and oxygen atoms in total. The van der Waals surface area contributed by atoms with Crippen LogP contribution in [-0.4, -0.2) is 76.0 Å². The van der Waals surface area contributed by atoms with Gasteiger partial charge in [-0.25, -0.2) is 4.79 Å².